The first-order valence-electron chi connectivity index (χ1n) is 10.6. The van der Waals surface area contributed by atoms with E-state index in [1.54, 1.807) is 0 Å². The topological polar surface area (TPSA) is 27.7 Å². The Hall–Kier alpha value is -0.292. The Kier molecular flexibility index (Phi) is 7.24. The van der Waals surface area contributed by atoms with E-state index in [9.17, 15) is 0 Å². The fraction of sp³-hybridized carbons (Fsp3) is 0.619. The van der Waals surface area contributed by atoms with Gasteiger partial charge >= 0.3 is 8.56 Å². The van der Waals surface area contributed by atoms with E-state index in [0.29, 0.717) is 0 Å². The van der Waals surface area contributed by atoms with Gasteiger partial charge in [-0.05, 0) is 75.8 Å². The van der Waals surface area contributed by atoms with Gasteiger partial charge in [0.2, 0.25) is 0 Å². The smallest absolute Gasteiger partial charge is 0.364 e. The van der Waals surface area contributed by atoms with Crippen LogP contribution in [0.15, 0.2) is 24.8 Å². The van der Waals surface area contributed by atoms with E-state index in [4.69, 9.17) is 13.0 Å². The molecule has 2 atom stereocenters. The third kappa shape index (κ3) is 5.87. The second kappa shape index (κ2) is 8.45. The Labute approximate surface area is 177 Å². The summed E-state index contributed by atoms with van der Waals surface area (Å²) in [5, 5.41) is 2.82. The molecule has 1 saturated heterocycles. The number of benzene rings is 1. The third-order valence-electron chi connectivity index (χ3n) is 4.86. The van der Waals surface area contributed by atoms with Crippen molar-refractivity contribution in [3.05, 3.63) is 30.3 Å². The summed E-state index contributed by atoms with van der Waals surface area (Å²) in [5.74, 6) is -0.547. The van der Waals surface area contributed by atoms with Gasteiger partial charge in [0.05, 0.1) is 8.80 Å². The quantitative estimate of drug-likeness (QED) is 0.551. The molecule has 28 heavy (non-hydrogen) atoms. The van der Waals surface area contributed by atoms with Gasteiger partial charge in [-0.1, -0.05) is 49.1 Å². The third-order valence-corrected chi connectivity index (χ3v) is 14.8. The van der Waals surface area contributed by atoms with Gasteiger partial charge < -0.3 is 13.0 Å². The van der Waals surface area contributed by atoms with Gasteiger partial charge in [-0.2, -0.15) is 0 Å². The summed E-state index contributed by atoms with van der Waals surface area (Å²) in [6, 6.07) is 7.64. The minimum Gasteiger partial charge on any atom is -0.433 e. The largest absolute Gasteiger partial charge is 0.433 e. The standard InChI is InChI=1S/C21H40O3Si4/c1-11-18-14-12-15-19(20(18)25(3)4)28(24-27(8,9)10)17-13-16-21(2,23-28)22-26(5,6)7/h11-12,14-15,25H,1,13,16-17H2,2-10H3. The summed E-state index contributed by atoms with van der Waals surface area (Å²) in [6.45, 7) is 24.6. The highest BCUT2D eigenvalue weighted by atomic mass is 28.4. The van der Waals surface area contributed by atoms with Gasteiger partial charge in [-0.25, -0.2) is 0 Å². The molecule has 0 N–H and O–H groups in total. The van der Waals surface area contributed by atoms with Crippen LogP contribution in [0.4, 0.5) is 0 Å². The monoisotopic (exact) mass is 452 g/mol. The molecule has 0 aliphatic carbocycles. The second-order valence-corrected chi connectivity index (χ2v) is 25.5. The van der Waals surface area contributed by atoms with E-state index in [0.717, 1.165) is 18.9 Å². The predicted molar refractivity (Wildman–Crippen MR) is 133 cm³/mol. The summed E-state index contributed by atoms with van der Waals surface area (Å²) in [5.41, 5.74) is 1.26. The summed E-state index contributed by atoms with van der Waals surface area (Å²) in [6.07, 6.45) is 4.04. The van der Waals surface area contributed by atoms with E-state index in [-0.39, 0.29) is 0 Å². The van der Waals surface area contributed by atoms with Crippen LogP contribution in [-0.2, 0) is 13.0 Å². The first kappa shape index (κ1) is 24.0. The van der Waals surface area contributed by atoms with Crippen molar-refractivity contribution < 1.29 is 13.0 Å². The van der Waals surface area contributed by atoms with Gasteiger partial charge in [-0.3, -0.25) is 0 Å². The van der Waals surface area contributed by atoms with E-state index in [1.807, 2.05) is 6.08 Å². The lowest BCUT2D eigenvalue weighted by Crippen LogP contribution is -2.69. The Morgan fingerprint density at radius 3 is 2.29 bits per heavy atom. The molecule has 2 rings (SSSR count). The fourth-order valence-electron chi connectivity index (χ4n) is 4.36. The molecule has 7 heteroatoms. The molecule has 1 heterocycles. The zero-order valence-corrected chi connectivity index (χ0v) is 23.6. The van der Waals surface area contributed by atoms with Crippen LogP contribution in [0.3, 0.4) is 0 Å². The van der Waals surface area contributed by atoms with Crippen LogP contribution in [0.25, 0.3) is 6.08 Å². The Balaban J connectivity index is 2.65. The lowest BCUT2D eigenvalue weighted by Gasteiger charge is -2.49. The molecule has 0 spiro atoms. The summed E-state index contributed by atoms with van der Waals surface area (Å²) < 4.78 is 20.7. The molecule has 0 amide bonds. The SMILES string of the molecule is C=Cc1cccc([Si]2(O[Si](C)(C)C)CCCC(C)(O[Si](C)(C)C)O2)c1[SiH](C)C. The van der Waals surface area contributed by atoms with Crippen LogP contribution in [-0.4, -0.2) is 39.8 Å². The van der Waals surface area contributed by atoms with Crippen molar-refractivity contribution in [3.63, 3.8) is 0 Å². The molecule has 0 aromatic heterocycles. The fourth-order valence-corrected chi connectivity index (χ4v) is 16.8. The normalized spacial score (nSPS) is 26.5. The van der Waals surface area contributed by atoms with E-state index in [2.05, 4.69) is 84.1 Å². The molecule has 2 unspecified atom stereocenters. The van der Waals surface area contributed by atoms with Gasteiger partial charge in [0.25, 0.3) is 0 Å². The zero-order valence-electron chi connectivity index (χ0n) is 19.4. The molecule has 3 nitrogen and oxygen atoms in total. The highest BCUT2D eigenvalue weighted by Crippen LogP contribution is 2.38. The predicted octanol–water partition coefficient (Wildman–Crippen LogP) is 4.90. The maximum Gasteiger partial charge on any atom is 0.364 e. The molecule has 1 aliphatic rings. The van der Waals surface area contributed by atoms with Crippen LogP contribution in [0.1, 0.15) is 25.3 Å². The molecule has 1 aromatic rings. The van der Waals surface area contributed by atoms with E-state index >= 15 is 0 Å². The van der Waals surface area contributed by atoms with Crippen molar-refractivity contribution in [1.29, 1.82) is 0 Å². The van der Waals surface area contributed by atoms with Crippen molar-refractivity contribution in [2.24, 2.45) is 0 Å². The minimum absolute atomic E-state index is 0.547. The number of hydrogen-bond donors (Lipinski definition) is 0. The number of rotatable bonds is 7. The average molecular weight is 453 g/mol. The maximum absolute atomic E-state index is 7.04. The molecule has 1 aromatic carbocycles. The van der Waals surface area contributed by atoms with Crippen LogP contribution >= 0.6 is 0 Å². The molecule has 0 radical (unpaired) electrons. The Morgan fingerprint density at radius 2 is 1.79 bits per heavy atom. The summed E-state index contributed by atoms with van der Waals surface area (Å²) >= 11 is 0. The molecular formula is C21H40O3Si4. The van der Waals surface area contributed by atoms with Gasteiger partial charge in [0, 0.05) is 0 Å². The Bertz CT molecular complexity index is 709. The molecule has 0 saturated carbocycles. The molecule has 1 aliphatic heterocycles. The zero-order chi connectivity index (χ0) is 21.4. The van der Waals surface area contributed by atoms with Gasteiger partial charge in [0.15, 0.2) is 16.6 Å². The summed E-state index contributed by atoms with van der Waals surface area (Å²) in [4.78, 5) is 0. The van der Waals surface area contributed by atoms with Gasteiger partial charge in [-0.15, -0.1) is 0 Å². The summed E-state index contributed by atoms with van der Waals surface area (Å²) in [7, 11) is -7.32. The van der Waals surface area contributed by atoms with Crippen LogP contribution in [0, 0.1) is 0 Å². The first-order chi connectivity index (χ1) is 12.7. The molecule has 0 bridgehead atoms. The molecule has 1 fully saturated rings. The van der Waals surface area contributed by atoms with Crippen LogP contribution < -0.4 is 10.4 Å². The highest BCUT2D eigenvalue weighted by Gasteiger charge is 2.53. The lowest BCUT2D eigenvalue weighted by molar-refractivity contribution is -0.135. The lowest BCUT2D eigenvalue weighted by atomic mass is 10.2. The molecule has 158 valence electrons. The maximum atomic E-state index is 7.04. The van der Waals surface area contributed by atoms with Crippen molar-refractivity contribution in [1.82, 2.24) is 0 Å². The minimum atomic E-state index is -2.64. The number of hydrogen-bond acceptors (Lipinski definition) is 3. The van der Waals surface area contributed by atoms with Crippen LogP contribution in [0.2, 0.25) is 58.4 Å². The average Bonchev–Trinajstić information content (AvgIpc) is 2.49. The van der Waals surface area contributed by atoms with Gasteiger partial charge in [0.1, 0.15) is 5.79 Å². The van der Waals surface area contributed by atoms with Crippen molar-refractivity contribution in [2.75, 3.05) is 0 Å². The van der Waals surface area contributed by atoms with E-state index < -0.39 is 39.8 Å². The van der Waals surface area contributed by atoms with E-state index in [1.165, 1.54) is 15.9 Å². The Morgan fingerprint density at radius 1 is 1.14 bits per heavy atom. The first-order valence-corrected chi connectivity index (χ1v) is 22.3. The van der Waals surface area contributed by atoms with Crippen molar-refractivity contribution >= 4 is 50.4 Å². The van der Waals surface area contributed by atoms with Crippen LogP contribution in [0.5, 0.6) is 0 Å². The molecular weight excluding hydrogens is 413 g/mol. The highest BCUT2D eigenvalue weighted by molar-refractivity contribution is 6.93. The van der Waals surface area contributed by atoms with Crippen molar-refractivity contribution in [2.45, 2.75) is 84.0 Å². The van der Waals surface area contributed by atoms with Crippen molar-refractivity contribution in [3.8, 4) is 0 Å². The second-order valence-electron chi connectivity index (χ2n) is 10.4.